The summed E-state index contributed by atoms with van der Waals surface area (Å²) in [7, 11) is -3.80. The Balaban J connectivity index is 1.80. The second-order valence-electron chi connectivity index (χ2n) is 7.23. The molecule has 3 rings (SSSR count). The molecule has 0 bridgehead atoms. The lowest BCUT2D eigenvalue weighted by molar-refractivity contribution is -0.122. The number of rotatable bonds is 9. The second kappa shape index (κ2) is 11.0. The lowest BCUT2D eigenvalue weighted by Crippen LogP contribution is -2.49. The summed E-state index contributed by atoms with van der Waals surface area (Å²) in [6, 6.07) is 15.5. The molecule has 2 unspecified atom stereocenters. The van der Waals surface area contributed by atoms with E-state index in [4.69, 9.17) is 9.47 Å². The molecule has 2 atom stereocenters. The van der Waals surface area contributed by atoms with Gasteiger partial charge in [-0.1, -0.05) is 25.1 Å². The molecular formula is C22H28N2O5S2. The fraction of sp³-hybridized carbons (Fsp3) is 0.409. The van der Waals surface area contributed by atoms with Gasteiger partial charge in [0, 0.05) is 13.1 Å². The number of carbonyl (C=O) groups is 1. The van der Waals surface area contributed by atoms with Crippen molar-refractivity contribution in [1.29, 1.82) is 0 Å². The highest BCUT2D eigenvalue weighted by Crippen LogP contribution is 2.27. The van der Waals surface area contributed by atoms with Crippen LogP contribution in [0.2, 0.25) is 0 Å². The van der Waals surface area contributed by atoms with Gasteiger partial charge in [-0.2, -0.15) is 12.6 Å². The minimum atomic E-state index is -3.80. The highest BCUT2D eigenvalue weighted by molar-refractivity contribution is 7.92. The van der Waals surface area contributed by atoms with Gasteiger partial charge in [0.05, 0.1) is 29.9 Å². The number of carbonyl (C=O) groups excluding carboxylic acids is 1. The summed E-state index contributed by atoms with van der Waals surface area (Å²) in [6.07, 6.45) is 0.481. The number of thiol groups is 1. The normalized spacial score (nSPS) is 17.0. The molecule has 0 aliphatic carbocycles. The van der Waals surface area contributed by atoms with Gasteiger partial charge in [-0.05, 0) is 42.8 Å². The van der Waals surface area contributed by atoms with Crippen LogP contribution in [0.25, 0.3) is 0 Å². The zero-order chi connectivity index (χ0) is 22.3. The van der Waals surface area contributed by atoms with Crippen LogP contribution in [0.4, 0.5) is 0 Å². The maximum atomic E-state index is 13.5. The van der Waals surface area contributed by atoms with Crippen LogP contribution in [0, 0.1) is 0 Å². The van der Waals surface area contributed by atoms with Gasteiger partial charge in [0.25, 0.3) is 0 Å². The van der Waals surface area contributed by atoms with E-state index in [-0.39, 0.29) is 22.6 Å². The molecule has 168 valence electrons. The van der Waals surface area contributed by atoms with E-state index >= 15 is 0 Å². The highest BCUT2D eigenvalue weighted by atomic mass is 32.2. The van der Waals surface area contributed by atoms with Crippen LogP contribution in [-0.2, 0) is 19.4 Å². The van der Waals surface area contributed by atoms with Gasteiger partial charge in [-0.15, -0.1) is 0 Å². The van der Waals surface area contributed by atoms with Crippen molar-refractivity contribution in [3.05, 3.63) is 54.6 Å². The fourth-order valence-corrected chi connectivity index (χ4v) is 5.23. The SMILES string of the molecule is CCC(S)NC(=O)CC(N1CCOCC1)S(=O)(=O)c1ccc(Oc2ccccc2)cc1. The predicted molar refractivity (Wildman–Crippen MR) is 122 cm³/mol. The molecule has 1 fully saturated rings. The van der Waals surface area contributed by atoms with Gasteiger partial charge in [0.15, 0.2) is 9.84 Å². The second-order valence-corrected chi connectivity index (χ2v) is 9.96. The first-order valence-corrected chi connectivity index (χ1v) is 12.3. The fourth-order valence-electron chi connectivity index (χ4n) is 3.29. The Morgan fingerprint density at radius 1 is 1.10 bits per heavy atom. The van der Waals surface area contributed by atoms with Crippen molar-refractivity contribution in [1.82, 2.24) is 10.2 Å². The van der Waals surface area contributed by atoms with Gasteiger partial charge in [-0.25, -0.2) is 8.42 Å². The van der Waals surface area contributed by atoms with Crippen LogP contribution in [0.3, 0.4) is 0 Å². The minimum absolute atomic E-state index is 0.148. The molecule has 31 heavy (non-hydrogen) atoms. The molecule has 7 nitrogen and oxygen atoms in total. The molecule has 0 aromatic heterocycles. The summed E-state index contributed by atoms with van der Waals surface area (Å²) in [4.78, 5) is 14.4. The topological polar surface area (TPSA) is 84.9 Å². The molecular weight excluding hydrogens is 436 g/mol. The summed E-state index contributed by atoms with van der Waals surface area (Å²) in [5, 5.41) is 1.45. The number of benzene rings is 2. The summed E-state index contributed by atoms with van der Waals surface area (Å²) in [5.74, 6) is 0.857. The van der Waals surface area contributed by atoms with Crippen LogP contribution >= 0.6 is 12.6 Å². The molecule has 2 aromatic rings. The van der Waals surface area contributed by atoms with Gasteiger partial charge in [0.2, 0.25) is 5.91 Å². The average Bonchev–Trinajstić information content (AvgIpc) is 2.79. The van der Waals surface area contributed by atoms with Crippen molar-refractivity contribution in [2.45, 2.75) is 35.4 Å². The Kier molecular flexibility index (Phi) is 8.36. The molecule has 0 saturated carbocycles. The standard InChI is InChI=1S/C22H28N2O5S2/c1-2-21(30)23-20(25)16-22(24-12-14-28-15-13-24)31(26,27)19-10-8-18(9-11-19)29-17-6-4-3-5-7-17/h3-11,21-22,30H,2,12-16H2,1H3,(H,23,25). The number of sulfone groups is 1. The monoisotopic (exact) mass is 464 g/mol. The third kappa shape index (κ3) is 6.46. The summed E-state index contributed by atoms with van der Waals surface area (Å²) >= 11 is 4.28. The van der Waals surface area contributed by atoms with Crippen molar-refractivity contribution < 1.29 is 22.7 Å². The maximum absolute atomic E-state index is 13.5. The lowest BCUT2D eigenvalue weighted by atomic mass is 10.3. The van der Waals surface area contributed by atoms with Gasteiger partial charge >= 0.3 is 0 Å². The molecule has 1 heterocycles. The molecule has 2 aromatic carbocycles. The van der Waals surface area contributed by atoms with Crippen molar-refractivity contribution in [2.75, 3.05) is 26.3 Å². The Bertz CT molecular complexity index is 946. The molecule has 1 aliphatic heterocycles. The van der Waals surface area contributed by atoms with E-state index in [1.54, 1.807) is 17.0 Å². The number of hydrogen-bond donors (Lipinski definition) is 2. The summed E-state index contributed by atoms with van der Waals surface area (Å²) < 4.78 is 38.1. The highest BCUT2D eigenvalue weighted by Gasteiger charge is 2.35. The summed E-state index contributed by atoms with van der Waals surface area (Å²) in [5.41, 5.74) is 0. The van der Waals surface area contributed by atoms with Crippen LogP contribution in [0.5, 0.6) is 11.5 Å². The first-order valence-electron chi connectivity index (χ1n) is 10.3. The molecule has 1 aliphatic rings. The zero-order valence-corrected chi connectivity index (χ0v) is 19.1. The van der Waals surface area contributed by atoms with Crippen LogP contribution in [0.15, 0.2) is 59.5 Å². The van der Waals surface area contributed by atoms with E-state index in [9.17, 15) is 13.2 Å². The van der Waals surface area contributed by atoms with Gasteiger partial charge < -0.3 is 14.8 Å². The van der Waals surface area contributed by atoms with E-state index in [2.05, 4.69) is 17.9 Å². The molecule has 0 radical (unpaired) electrons. The maximum Gasteiger partial charge on any atom is 0.223 e. The van der Waals surface area contributed by atoms with E-state index in [0.29, 0.717) is 44.2 Å². The lowest BCUT2D eigenvalue weighted by Gasteiger charge is -2.33. The number of nitrogens with zero attached hydrogens (tertiary/aromatic N) is 1. The first-order chi connectivity index (χ1) is 14.9. The third-order valence-corrected chi connectivity index (χ3v) is 7.62. The Hall–Kier alpha value is -2.07. The van der Waals surface area contributed by atoms with Gasteiger partial charge in [0.1, 0.15) is 16.9 Å². The number of nitrogens with one attached hydrogen (secondary N) is 1. The molecule has 1 saturated heterocycles. The Morgan fingerprint density at radius 3 is 2.32 bits per heavy atom. The Labute approximate surface area is 189 Å². The van der Waals surface area contributed by atoms with Crippen LogP contribution < -0.4 is 10.1 Å². The quantitative estimate of drug-likeness (QED) is 0.438. The van der Waals surface area contributed by atoms with Crippen LogP contribution in [0.1, 0.15) is 19.8 Å². The number of hydrogen-bond acceptors (Lipinski definition) is 7. The number of morpholine rings is 1. The predicted octanol–water partition coefficient (Wildman–Crippen LogP) is 3.08. The number of amides is 1. The molecule has 9 heteroatoms. The molecule has 0 spiro atoms. The van der Waals surface area contributed by atoms with Crippen molar-refractivity contribution >= 4 is 28.4 Å². The van der Waals surface area contributed by atoms with Crippen molar-refractivity contribution in [2.24, 2.45) is 0 Å². The largest absolute Gasteiger partial charge is 0.457 e. The third-order valence-electron chi connectivity index (χ3n) is 5.02. The smallest absolute Gasteiger partial charge is 0.223 e. The Morgan fingerprint density at radius 2 is 1.71 bits per heavy atom. The first kappa shape index (κ1) is 23.6. The van der Waals surface area contributed by atoms with Crippen molar-refractivity contribution in [3.63, 3.8) is 0 Å². The summed E-state index contributed by atoms with van der Waals surface area (Å²) in [6.45, 7) is 3.66. The van der Waals surface area contributed by atoms with E-state index in [0.717, 1.165) is 0 Å². The average molecular weight is 465 g/mol. The van der Waals surface area contributed by atoms with E-state index in [1.165, 1.54) is 12.1 Å². The molecule has 1 amide bonds. The number of ether oxygens (including phenoxy) is 2. The minimum Gasteiger partial charge on any atom is -0.457 e. The zero-order valence-electron chi connectivity index (χ0n) is 17.4. The van der Waals surface area contributed by atoms with E-state index in [1.807, 2.05) is 37.3 Å². The number of para-hydroxylation sites is 1. The van der Waals surface area contributed by atoms with E-state index < -0.39 is 15.2 Å². The van der Waals surface area contributed by atoms with Crippen molar-refractivity contribution in [3.8, 4) is 11.5 Å². The van der Waals surface area contributed by atoms with Gasteiger partial charge in [-0.3, -0.25) is 9.69 Å². The van der Waals surface area contributed by atoms with Crippen LogP contribution in [-0.4, -0.2) is 56.3 Å². The molecule has 1 N–H and O–H groups in total.